The van der Waals surface area contributed by atoms with Crippen molar-refractivity contribution in [3.05, 3.63) is 71.1 Å². The van der Waals surface area contributed by atoms with Crippen LogP contribution in [0.2, 0.25) is 0 Å². The Morgan fingerprint density at radius 3 is 2.44 bits per heavy atom. The molecule has 3 amide bonds. The first-order chi connectivity index (χ1) is 16.1. The van der Waals surface area contributed by atoms with E-state index in [1.807, 2.05) is 52.0 Å². The average Bonchev–Trinajstić information content (AvgIpc) is 3.46. The molecule has 2 heterocycles. The molecule has 0 spiro atoms. The second kappa shape index (κ2) is 11.1. The summed E-state index contributed by atoms with van der Waals surface area (Å²) in [7, 11) is 0. The van der Waals surface area contributed by atoms with Crippen LogP contribution in [0.3, 0.4) is 0 Å². The van der Waals surface area contributed by atoms with Crippen LogP contribution in [0.1, 0.15) is 56.5 Å². The lowest BCUT2D eigenvalue weighted by atomic mass is 10.00. The van der Waals surface area contributed by atoms with E-state index in [2.05, 4.69) is 15.6 Å². The first-order valence-corrected chi connectivity index (χ1v) is 11.9. The van der Waals surface area contributed by atoms with Crippen LogP contribution in [-0.2, 0) is 20.9 Å². The first-order valence-electron chi connectivity index (χ1n) is 11.0. The summed E-state index contributed by atoms with van der Waals surface area (Å²) in [4.78, 5) is 44.7. The van der Waals surface area contributed by atoms with Gasteiger partial charge in [-0.05, 0) is 45.4 Å². The number of carbonyl (C=O) groups is 3. The maximum atomic E-state index is 13.4. The highest BCUT2D eigenvalue weighted by molar-refractivity contribution is 7.13. The second-order valence-electron chi connectivity index (χ2n) is 9.04. The molecule has 0 aliphatic carbocycles. The van der Waals surface area contributed by atoms with Crippen LogP contribution in [0.5, 0.6) is 0 Å². The molecule has 0 unspecified atom stereocenters. The molecular formula is C25H30N4O4S. The van der Waals surface area contributed by atoms with E-state index in [4.69, 9.17) is 4.42 Å². The van der Waals surface area contributed by atoms with Gasteiger partial charge in [0.2, 0.25) is 17.7 Å². The number of thiazole rings is 1. The smallest absolute Gasteiger partial charge is 0.247 e. The standard InChI is InChI=1S/C25H30N4O4S/c1-17-7-9-18(10-8-17)22(23(32)28-25(2,3)4)29(16-19-6-5-14-33-19)21(31)12-11-20(30)27-24-26-13-15-34-24/h5-10,13-15,22H,11-12,16H2,1-4H3,(H,28,32)(H,26,27,30)/t22-/m1/s1. The fourth-order valence-electron chi connectivity index (χ4n) is 3.38. The fraction of sp³-hybridized carbons (Fsp3) is 0.360. The van der Waals surface area contributed by atoms with Gasteiger partial charge in [-0.15, -0.1) is 11.3 Å². The van der Waals surface area contributed by atoms with Crippen LogP contribution in [0, 0.1) is 6.92 Å². The van der Waals surface area contributed by atoms with Crippen LogP contribution < -0.4 is 10.6 Å². The van der Waals surface area contributed by atoms with E-state index in [9.17, 15) is 14.4 Å². The summed E-state index contributed by atoms with van der Waals surface area (Å²) >= 11 is 1.30. The van der Waals surface area contributed by atoms with Crippen molar-refractivity contribution in [2.45, 2.75) is 58.7 Å². The third-order valence-electron chi connectivity index (χ3n) is 4.92. The first kappa shape index (κ1) is 25.2. The summed E-state index contributed by atoms with van der Waals surface area (Å²) in [6.45, 7) is 7.72. The van der Waals surface area contributed by atoms with E-state index in [-0.39, 0.29) is 37.1 Å². The zero-order valence-electron chi connectivity index (χ0n) is 19.8. The van der Waals surface area contributed by atoms with Crippen LogP contribution >= 0.6 is 11.3 Å². The van der Waals surface area contributed by atoms with Gasteiger partial charge in [0.05, 0.1) is 12.8 Å². The lowest BCUT2D eigenvalue weighted by Gasteiger charge is -2.33. The minimum absolute atomic E-state index is 0.0332. The Balaban J connectivity index is 1.87. The van der Waals surface area contributed by atoms with Crippen molar-refractivity contribution < 1.29 is 18.8 Å². The SMILES string of the molecule is Cc1ccc([C@H](C(=O)NC(C)(C)C)N(Cc2ccco2)C(=O)CCC(=O)Nc2nccs2)cc1. The maximum absolute atomic E-state index is 13.4. The molecule has 8 nitrogen and oxygen atoms in total. The van der Waals surface area contributed by atoms with Crippen LogP contribution in [0.25, 0.3) is 0 Å². The lowest BCUT2D eigenvalue weighted by Crippen LogP contribution is -2.49. The van der Waals surface area contributed by atoms with Crippen molar-refractivity contribution in [1.82, 2.24) is 15.2 Å². The number of rotatable bonds is 9. The predicted octanol–water partition coefficient (Wildman–Crippen LogP) is 4.45. The van der Waals surface area contributed by atoms with Crippen LogP contribution in [0.15, 0.2) is 58.7 Å². The Morgan fingerprint density at radius 2 is 1.85 bits per heavy atom. The average molecular weight is 483 g/mol. The summed E-state index contributed by atoms with van der Waals surface area (Å²) in [6, 6.07) is 10.1. The normalized spacial score (nSPS) is 12.1. The van der Waals surface area contributed by atoms with Crippen molar-refractivity contribution in [3.8, 4) is 0 Å². The minimum atomic E-state index is -0.889. The number of anilines is 1. The van der Waals surface area contributed by atoms with Gasteiger partial charge in [-0.1, -0.05) is 29.8 Å². The fourth-order valence-corrected chi connectivity index (χ4v) is 3.93. The third kappa shape index (κ3) is 7.28. The molecule has 1 aromatic carbocycles. The van der Waals surface area contributed by atoms with E-state index in [0.717, 1.165) is 5.56 Å². The monoisotopic (exact) mass is 482 g/mol. The number of furan rings is 1. The third-order valence-corrected chi connectivity index (χ3v) is 5.61. The Kier molecular flexibility index (Phi) is 8.22. The van der Waals surface area contributed by atoms with Gasteiger partial charge in [0, 0.05) is 30.0 Å². The number of hydrogen-bond acceptors (Lipinski definition) is 6. The number of nitrogens with one attached hydrogen (secondary N) is 2. The largest absolute Gasteiger partial charge is 0.467 e. The van der Waals surface area contributed by atoms with Crippen molar-refractivity contribution in [2.75, 3.05) is 5.32 Å². The van der Waals surface area contributed by atoms with Crippen molar-refractivity contribution in [3.63, 3.8) is 0 Å². The minimum Gasteiger partial charge on any atom is -0.467 e. The zero-order chi connectivity index (χ0) is 24.7. The van der Waals surface area contributed by atoms with E-state index >= 15 is 0 Å². The molecule has 1 atom stereocenters. The molecule has 2 aromatic heterocycles. The number of aromatic nitrogens is 1. The molecule has 0 aliphatic heterocycles. The van der Waals surface area contributed by atoms with Gasteiger partial charge in [-0.3, -0.25) is 14.4 Å². The van der Waals surface area contributed by atoms with Gasteiger partial charge in [-0.2, -0.15) is 0 Å². The molecule has 2 N–H and O–H groups in total. The van der Waals surface area contributed by atoms with Crippen LogP contribution in [-0.4, -0.2) is 33.1 Å². The summed E-state index contributed by atoms with van der Waals surface area (Å²) in [5.41, 5.74) is 1.23. The molecule has 34 heavy (non-hydrogen) atoms. The Bertz CT molecular complexity index is 1090. The zero-order valence-corrected chi connectivity index (χ0v) is 20.6. The van der Waals surface area contributed by atoms with Crippen molar-refractivity contribution in [2.24, 2.45) is 0 Å². The van der Waals surface area contributed by atoms with Gasteiger partial charge in [0.1, 0.15) is 11.8 Å². The van der Waals surface area contributed by atoms with Crippen LogP contribution in [0.4, 0.5) is 5.13 Å². The number of carbonyl (C=O) groups excluding carboxylic acids is 3. The molecule has 3 aromatic rings. The number of benzene rings is 1. The summed E-state index contributed by atoms with van der Waals surface area (Å²) in [5, 5.41) is 7.91. The van der Waals surface area contributed by atoms with Gasteiger partial charge in [0.15, 0.2) is 5.13 Å². The Morgan fingerprint density at radius 1 is 1.12 bits per heavy atom. The quantitative estimate of drug-likeness (QED) is 0.469. The van der Waals surface area contributed by atoms with E-state index in [1.54, 1.807) is 23.7 Å². The highest BCUT2D eigenvalue weighted by Gasteiger charge is 2.33. The molecule has 180 valence electrons. The van der Waals surface area contributed by atoms with Gasteiger partial charge < -0.3 is 20.0 Å². The second-order valence-corrected chi connectivity index (χ2v) is 9.93. The maximum Gasteiger partial charge on any atom is 0.247 e. The molecule has 0 aliphatic rings. The van der Waals surface area contributed by atoms with Gasteiger partial charge in [0.25, 0.3) is 0 Å². The van der Waals surface area contributed by atoms with E-state index < -0.39 is 11.6 Å². The van der Waals surface area contributed by atoms with Gasteiger partial charge >= 0.3 is 0 Å². The highest BCUT2D eigenvalue weighted by Crippen LogP contribution is 2.26. The lowest BCUT2D eigenvalue weighted by molar-refractivity contribution is -0.143. The van der Waals surface area contributed by atoms with E-state index in [1.165, 1.54) is 22.5 Å². The topological polar surface area (TPSA) is 105 Å². The Labute approximate surface area is 203 Å². The molecule has 0 radical (unpaired) electrons. The summed E-state index contributed by atoms with van der Waals surface area (Å²) in [6.07, 6.45) is 3.02. The van der Waals surface area contributed by atoms with Crippen molar-refractivity contribution >= 4 is 34.2 Å². The molecule has 0 bridgehead atoms. The molecule has 0 saturated heterocycles. The molecule has 9 heteroatoms. The van der Waals surface area contributed by atoms with Crippen molar-refractivity contribution in [1.29, 1.82) is 0 Å². The Hall–Kier alpha value is -3.46. The molecule has 0 saturated carbocycles. The molecule has 3 rings (SSSR count). The number of aryl methyl sites for hydroxylation is 1. The predicted molar refractivity (Wildman–Crippen MR) is 131 cm³/mol. The number of hydrogen-bond donors (Lipinski definition) is 2. The van der Waals surface area contributed by atoms with E-state index in [0.29, 0.717) is 16.5 Å². The van der Waals surface area contributed by atoms with Gasteiger partial charge in [-0.25, -0.2) is 4.98 Å². The number of amides is 3. The summed E-state index contributed by atoms with van der Waals surface area (Å²) in [5.74, 6) is -0.405. The highest BCUT2D eigenvalue weighted by atomic mass is 32.1. The number of nitrogens with zero attached hydrogens (tertiary/aromatic N) is 2. The molecular weight excluding hydrogens is 452 g/mol. The molecule has 0 fully saturated rings. The summed E-state index contributed by atoms with van der Waals surface area (Å²) < 4.78 is 5.48.